The van der Waals surface area contributed by atoms with Crippen LogP contribution in [0.5, 0.6) is 11.5 Å². The Labute approximate surface area is 207 Å². The summed E-state index contributed by atoms with van der Waals surface area (Å²) >= 11 is 0. The molecule has 176 valence electrons. The van der Waals surface area contributed by atoms with Crippen LogP contribution in [0.2, 0.25) is 0 Å². The summed E-state index contributed by atoms with van der Waals surface area (Å²) in [4.78, 5) is 4.58. The second kappa shape index (κ2) is 12.3. The smallest absolute Gasteiger partial charge is 0.243 e. The summed E-state index contributed by atoms with van der Waals surface area (Å²) in [5, 5.41) is 6.45. The van der Waals surface area contributed by atoms with E-state index in [0.29, 0.717) is 48.6 Å². The van der Waals surface area contributed by atoms with Crippen molar-refractivity contribution in [2.75, 3.05) is 39.2 Å². The largest absolute Gasteiger partial charge is 0.493 e. The minimum absolute atomic E-state index is 0. The van der Waals surface area contributed by atoms with Crippen LogP contribution in [0.3, 0.4) is 0 Å². The van der Waals surface area contributed by atoms with Crippen molar-refractivity contribution in [1.29, 1.82) is 0 Å². The molecule has 0 aliphatic carbocycles. The topological polar surface area (TPSA) is 92.3 Å². The van der Waals surface area contributed by atoms with Gasteiger partial charge < -0.3 is 20.1 Å². The first kappa shape index (κ1) is 26.2. The molecule has 3 rings (SSSR count). The molecule has 0 amide bonds. The van der Waals surface area contributed by atoms with E-state index in [1.165, 1.54) is 0 Å². The number of guanidine groups is 1. The molecule has 1 aliphatic heterocycles. The minimum Gasteiger partial charge on any atom is -0.493 e. The summed E-state index contributed by atoms with van der Waals surface area (Å²) in [6.07, 6.45) is 1.85. The van der Waals surface area contributed by atoms with E-state index in [1.54, 1.807) is 30.6 Å². The van der Waals surface area contributed by atoms with E-state index in [2.05, 4.69) is 15.6 Å². The maximum atomic E-state index is 12.6. The molecule has 2 N–H and O–H groups in total. The van der Waals surface area contributed by atoms with Crippen molar-refractivity contribution in [2.24, 2.45) is 4.99 Å². The van der Waals surface area contributed by atoms with Gasteiger partial charge >= 0.3 is 0 Å². The molecule has 2 aromatic rings. The molecule has 1 aliphatic rings. The van der Waals surface area contributed by atoms with Crippen LogP contribution in [0.15, 0.2) is 52.4 Å². The number of benzene rings is 2. The van der Waals surface area contributed by atoms with Crippen LogP contribution < -0.4 is 20.1 Å². The van der Waals surface area contributed by atoms with Crippen molar-refractivity contribution < 1.29 is 17.9 Å². The highest BCUT2D eigenvalue weighted by molar-refractivity contribution is 14.0. The zero-order chi connectivity index (χ0) is 22.3. The Morgan fingerprint density at radius 1 is 1.09 bits per heavy atom. The van der Waals surface area contributed by atoms with Crippen LogP contribution in [0.4, 0.5) is 5.69 Å². The third-order valence-corrected chi connectivity index (χ3v) is 6.95. The normalized spacial score (nSPS) is 14.5. The summed E-state index contributed by atoms with van der Waals surface area (Å²) in [5.41, 5.74) is 1.76. The molecule has 0 unspecified atom stereocenters. The number of sulfonamides is 1. The number of aliphatic imine (C=N–C) groups is 1. The number of methoxy groups -OCH3 is 1. The second-order valence-corrected chi connectivity index (χ2v) is 9.04. The van der Waals surface area contributed by atoms with Gasteiger partial charge in [0.2, 0.25) is 10.0 Å². The van der Waals surface area contributed by atoms with E-state index in [0.717, 1.165) is 24.1 Å². The Bertz CT molecular complexity index is 1010. The number of hydrogen-bond acceptors (Lipinski definition) is 5. The maximum absolute atomic E-state index is 12.6. The molecule has 10 heteroatoms. The van der Waals surface area contributed by atoms with Crippen LogP contribution in [0.25, 0.3) is 0 Å². The monoisotopic (exact) mass is 574 g/mol. The fraction of sp³-hybridized carbons (Fsp3) is 0.409. The van der Waals surface area contributed by atoms with E-state index < -0.39 is 10.0 Å². The average molecular weight is 574 g/mol. The van der Waals surface area contributed by atoms with E-state index in [9.17, 15) is 8.42 Å². The lowest BCUT2D eigenvalue weighted by Crippen LogP contribution is -2.30. The van der Waals surface area contributed by atoms with Crippen molar-refractivity contribution in [3.05, 3.63) is 48.0 Å². The fourth-order valence-electron chi connectivity index (χ4n) is 3.38. The molecule has 0 saturated carbocycles. The van der Waals surface area contributed by atoms with E-state index in [1.807, 2.05) is 37.3 Å². The van der Waals surface area contributed by atoms with E-state index in [4.69, 9.17) is 9.47 Å². The van der Waals surface area contributed by atoms with Crippen LogP contribution in [-0.2, 0) is 16.6 Å². The highest BCUT2D eigenvalue weighted by Gasteiger charge is 2.26. The first-order chi connectivity index (χ1) is 15.0. The quantitative estimate of drug-likeness (QED) is 0.284. The zero-order valence-corrected chi connectivity index (χ0v) is 21.8. The van der Waals surface area contributed by atoms with Gasteiger partial charge in [-0.2, -0.15) is 4.31 Å². The molecule has 1 fully saturated rings. The molecule has 0 spiro atoms. The lowest BCUT2D eigenvalue weighted by Gasteiger charge is -2.16. The Morgan fingerprint density at radius 2 is 1.78 bits per heavy atom. The van der Waals surface area contributed by atoms with Gasteiger partial charge in [-0.1, -0.05) is 12.1 Å². The number of ether oxygens (including phenoxy) is 2. The summed E-state index contributed by atoms with van der Waals surface area (Å²) in [5.74, 6) is 1.90. The van der Waals surface area contributed by atoms with Gasteiger partial charge in [0.25, 0.3) is 0 Å². The first-order valence-corrected chi connectivity index (χ1v) is 11.8. The van der Waals surface area contributed by atoms with E-state index in [-0.39, 0.29) is 24.0 Å². The van der Waals surface area contributed by atoms with Gasteiger partial charge in [-0.15, -0.1) is 24.0 Å². The van der Waals surface area contributed by atoms with E-state index >= 15 is 0 Å². The Balaban J connectivity index is 0.00000363. The van der Waals surface area contributed by atoms with Crippen LogP contribution in [-0.4, -0.2) is 52.5 Å². The SMILES string of the molecule is CCOc1ccc(NC(=NC)NCc2ccc(S(=O)(=O)N3CCCC3)cc2)cc1OC.I. The van der Waals surface area contributed by atoms with Gasteiger partial charge in [0.15, 0.2) is 17.5 Å². The first-order valence-electron chi connectivity index (χ1n) is 10.4. The number of nitrogens with one attached hydrogen (secondary N) is 2. The number of nitrogens with zero attached hydrogens (tertiary/aromatic N) is 2. The van der Waals surface area contributed by atoms with Gasteiger partial charge in [-0.3, -0.25) is 4.99 Å². The van der Waals surface area contributed by atoms with Gasteiger partial charge in [-0.05, 0) is 49.6 Å². The van der Waals surface area contributed by atoms with Crippen molar-refractivity contribution >= 4 is 45.6 Å². The van der Waals surface area contributed by atoms with Crippen molar-refractivity contribution in [3.8, 4) is 11.5 Å². The van der Waals surface area contributed by atoms with Gasteiger partial charge in [0.1, 0.15) is 0 Å². The van der Waals surface area contributed by atoms with Crippen LogP contribution in [0.1, 0.15) is 25.3 Å². The third kappa shape index (κ3) is 6.48. The standard InChI is InChI=1S/C22H30N4O4S.HI/c1-4-30-20-12-9-18(15-21(20)29-3)25-22(23-2)24-16-17-7-10-19(11-8-17)31(27,28)26-13-5-6-14-26;/h7-12,15H,4-6,13-14,16H2,1-3H3,(H2,23,24,25);1H. The molecule has 1 saturated heterocycles. The summed E-state index contributed by atoms with van der Waals surface area (Å²) in [6.45, 7) is 4.18. The number of hydrogen-bond donors (Lipinski definition) is 2. The summed E-state index contributed by atoms with van der Waals surface area (Å²) < 4.78 is 37.8. The van der Waals surface area contributed by atoms with Crippen LogP contribution in [0, 0.1) is 0 Å². The van der Waals surface area contributed by atoms with Gasteiger partial charge in [0, 0.05) is 38.4 Å². The molecular formula is C22H31IN4O4S. The van der Waals surface area contributed by atoms with Gasteiger partial charge in [-0.25, -0.2) is 8.42 Å². The predicted molar refractivity (Wildman–Crippen MR) is 138 cm³/mol. The Hall–Kier alpha value is -2.05. The molecule has 0 aromatic heterocycles. The highest BCUT2D eigenvalue weighted by atomic mass is 127. The van der Waals surface area contributed by atoms with Crippen molar-refractivity contribution in [3.63, 3.8) is 0 Å². The molecule has 2 aromatic carbocycles. The summed E-state index contributed by atoms with van der Waals surface area (Å²) in [6, 6.07) is 12.5. The Morgan fingerprint density at radius 3 is 2.38 bits per heavy atom. The molecular weight excluding hydrogens is 543 g/mol. The maximum Gasteiger partial charge on any atom is 0.243 e. The molecule has 32 heavy (non-hydrogen) atoms. The Kier molecular flexibility index (Phi) is 10.0. The lowest BCUT2D eigenvalue weighted by molar-refractivity contribution is 0.311. The molecule has 1 heterocycles. The molecule has 0 radical (unpaired) electrons. The summed E-state index contributed by atoms with van der Waals surface area (Å²) in [7, 11) is -0.105. The van der Waals surface area contributed by atoms with Crippen LogP contribution >= 0.6 is 24.0 Å². The molecule has 0 atom stereocenters. The van der Waals surface area contributed by atoms with Crippen molar-refractivity contribution in [1.82, 2.24) is 9.62 Å². The predicted octanol–water partition coefficient (Wildman–Crippen LogP) is 3.68. The van der Waals surface area contributed by atoms with Gasteiger partial charge in [0.05, 0.1) is 18.6 Å². The fourth-order valence-corrected chi connectivity index (χ4v) is 4.90. The average Bonchev–Trinajstić information content (AvgIpc) is 3.34. The third-order valence-electron chi connectivity index (χ3n) is 5.04. The molecule has 0 bridgehead atoms. The minimum atomic E-state index is -3.39. The zero-order valence-electron chi connectivity index (χ0n) is 18.6. The van der Waals surface area contributed by atoms with Crippen molar-refractivity contribution in [2.45, 2.75) is 31.2 Å². The number of rotatable bonds is 8. The second-order valence-electron chi connectivity index (χ2n) is 7.10. The molecule has 8 nitrogen and oxygen atoms in total. The highest BCUT2D eigenvalue weighted by Crippen LogP contribution is 2.30. The number of halogens is 1. The number of anilines is 1. The lowest BCUT2D eigenvalue weighted by atomic mass is 10.2.